The highest BCUT2D eigenvalue weighted by molar-refractivity contribution is 6.31. The van der Waals surface area contributed by atoms with E-state index >= 15 is 0 Å². The first-order valence-corrected chi connectivity index (χ1v) is 3.52. The molecule has 0 bridgehead atoms. The van der Waals surface area contributed by atoms with Gasteiger partial charge in [0.2, 0.25) is 0 Å². The summed E-state index contributed by atoms with van der Waals surface area (Å²) in [7, 11) is 0. The molecule has 12 heavy (non-hydrogen) atoms. The first kappa shape index (κ1) is 9.32. The number of nitrogens with zero attached hydrogens (tertiary/aromatic N) is 1. The van der Waals surface area contributed by atoms with Gasteiger partial charge in [-0.3, -0.25) is 4.98 Å². The molecule has 0 fully saturated rings. The fourth-order valence-electron chi connectivity index (χ4n) is 0.763. The molecule has 0 radical (unpaired) electrons. The number of rotatable bonds is 1. The summed E-state index contributed by atoms with van der Waals surface area (Å²) in [4.78, 5) is 3.58. The van der Waals surface area contributed by atoms with Crippen LogP contribution in [-0.4, -0.2) is 11.2 Å². The molecule has 66 valence electrons. The van der Waals surface area contributed by atoms with Crippen LogP contribution in [0.2, 0.25) is 5.02 Å². The Labute approximate surface area is 72.2 Å². The van der Waals surface area contributed by atoms with Crippen LogP contribution < -0.4 is 0 Å². The summed E-state index contributed by atoms with van der Waals surface area (Å²) < 4.78 is 35.5. The van der Waals surface area contributed by atoms with Crippen molar-refractivity contribution in [3.63, 3.8) is 0 Å². The van der Waals surface area contributed by atoms with Crippen LogP contribution in [0.4, 0.5) is 13.2 Å². The second-order valence-electron chi connectivity index (χ2n) is 2.26. The summed E-state index contributed by atoms with van der Waals surface area (Å²) in [6, 6.07) is 1.26. The second-order valence-corrected chi connectivity index (χ2v) is 2.67. The van der Waals surface area contributed by atoms with Gasteiger partial charge in [0, 0.05) is 12.4 Å². The molecule has 5 heteroatoms. The van der Waals surface area contributed by atoms with Crippen LogP contribution in [0.25, 0.3) is 0 Å². The smallest absolute Gasteiger partial charge is 0.263 e. The van der Waals surface area contributed by atoms with E-state index in [0.717, 1.165) is 0 Å². The molecular formula is C7H5ClF3N. The Morgan fingerprint density at radius 2 is 2.08 bits per heavy atom. The van der Waals surface area contributed by atoms with E-state index in [4.69, 9.17) is 11.6 Å². The molecule has 0 aliphatic carbocycles. The summed E-state index contributed by atoms with van der Waals surface area (Å²) in [6.07, 6.45) is -2.74. The maximum atomic E-state index is 11.8. The van der Waals surface area contributed by atoms with Gasteiger partial charge in [0.25, 0.3) is 0 Å². The van der Waals surface area contributed by atoms with Crippen LogP contribution >= 0.6 is 11.6 Å². The van der Waals surface area contributed by atoms with Crippen molar-refractivity contribution in [3.8, 4) is 0 Å². The molecule has 0 atom stereocenters. The monoisotopic (exact) mass is 195 g/mol. The summed E-state index contributed by atoms with van der Waals surface area (Å²) in [5.74, 6) is 0. The van der Waals surface area contributed by atoms with E-state index in [0.29, 0.717) is 0 Å². The summed E-state index contributed by atoms with van der Waals surface area (Å²) in [5, 5.41) is 0.0508. The van der Waals surface area contributed by atoms with Crippen molar-refractivity contribution in [1.29, 1.82) is 0 Å². The zero-order valence-corrected chi connectivity index (χ0v) is 6.65. The van der Waals surface area contributed by atoms with Crippen molar-refractivity contribution >= 4 is 11.6 Å². The van der Waals surface area contributed by atoms with Gasteiger partial charge in [-0.1, -0.05) is 11.6 Å². The number of hydrogen-bond acceptors (Lipinski definition) is 1. The van der Waals surface area contributed by atoms with Gasteiger partial charge in [-0.15, -0.1) is 0 Å². The minimum atomic E-state index is -4.22. The fraction of sp³-hybridized carbons (Fsp3) is 0.286. The largest absolute Gasteiger partial charge is 0.393 e. The van der Waals surface area contributed by atoms with E-state index in [1.165, 1.54) is 18.5 Å². The normalized spacial score (nSPS) is 11.7. The van der Waals surface area contributed by atoms with Gasteiger partial charge in [-0.25, -0.2) is 0 Å². The Bertz CT molecular complexity index is 272. The van der Waals surface area contributed by atoms with Crippen molar-refractivity contribution in [2.75, 3.05) is 0 Å². The molecule has 1 aromatic heterocycles. The number of aromatic nitrogens is 1. The lowest BCUT2D eigenvalue weighted by molar-refractivity contribution is -0.127. The zero-order valence-electron chi connectivity index (χ0n) is 5.90. The number of halogens is 4. The third-order valence-electron chi connectivity index (χ3n) is 1.25. The van der Waals surface area contributed by atoms with Crippen LogP contribution in [0.3, 0.4) is 0 Å². The van der Waals surface area contributed by atoms with Gasteiger partial charge in [-0.2, -0.15) is 13.2 Å². The Morgan fingerprint density at radius 1 is 1.42 bits per heavy atom. The summed E-state index contributed by atoms with van der Waals surface area (Å²) >= 11 is 5.47. The lowest BCUT2D eigenvalue weighted by Crippen LogP contribution is -2.11. The molecule has 0 amide bonds. The second kappa shape index (κ2) is 3.31. The van der Waals surface area contributed by atoms with E-state index in [1.807, 2.05) is 0 Å². The Kier molecular flexibility index (Phi) is 2.57. The third kappa shape index (κ3) is 2.70. The van der Waals surface area contributed by atoms with Gasteiger partial charge < -0.3 is 0 Å². The van der Waals surface area contributed by atoms with Crippen LogP contribution in [0.15, 0.2) is 18.5 Å². The first-order chi connectivity index (χ1) is 5.49. The van der Waals surface area contributed by atoms with Crippen molar-refractivity contribution in [3.05, 3.63) is 29.0 Å². The van der Waals surface area contributed by atoms with Crippen molar-refractivity contribution in [2.45, 2.75) is 12.6 Å². The average Bonchev–Trinajstić information content (AvgIpc) is 1.91. The average molecular weight is 196 g/mol. The molecule has 0 spiro atoms. The molecule has 0 N–H and O–H groups in total. The van der Waals surface area contributed by atoms with E-state index in [-0.39, 0.29) is 10.6 Å². The predicted molar refractivity (Wildman–Crippen MR) is 39.0 cm³/mol. The molecule has 0 saturated carbocycles. The Hall–Kier alpha value is -0.770. The lowest BCUT2D eigenvalue weighted by Gasteiger charge is -2.06. The fourth-order valence-corrected chi connectivity index (χ4v) is 0.949. The molecule has 1 rings (SSSR count). The molecule has 0 unspecified atom stereocenters. The third-order valence-corrected chi connectivity index (χ3v) is 1.59. The molecule has 0 aromatic carbocycles. The number of pyridine rings is 1. The van der Waals surface area contributed by atoms with Crippen molar-refractivity contribution < 1.29 is 13.2 Å². The van der Waals surface area contributed by atoms with E-state index in [1.54, 1.807) is 0 Å². The van der Waals surface area contributed by atoms with Gasteiger partial charge >= 0.3 is 6.18 Å². The molecule has 0 saturated heterocycles. The van der Waals surface area contributed by atoms with Crippen molar-refractivity contribution in [1.82, 2.24) is 4.98 Å². The van der Waals surface area contributed by atoms with Crippen molar-refractivity contribution in [2.24, 2.45) is 0 Å². The van der Waals surface area contributed by atoms with Gasteiger partial charge in [0.1, 0.15) is 0 Å². The van der Waals surface area contributed by atoms with Crippen LogP contribution in [0, 0.1) is 0 Å². The Balaban J connectivity index is 2.83. The highest BCUT2D eigenvalue weighted by Gasteiger charge is 2.28. The molecule has 0 aliphatic heterocycles. The molecule has 1 heterocycles. The van der Waals surface area contributed by atoms with Gasteiger partial charge in [0.05, 0.1) is 11.4 Å². The first-order valence-electron chi connectivity index (χ1n) is 3.14. The number of alkyl halides is 3. The maximum absolute atomic E-state index is 11.8. The van der Waals surface area contributed by atoms with Crippen LogP contribution in [0.5, 0.6) is 0 Å². The predicted octanol–water partition coefficient (Wildman–Crippen LogP) is 2.84. The maximum Gasteiger partial charge on any atom is 0.393 e. The van der Waals surface area contributed by atoms with E-state index in [2.05, 4.69) is 4.98 Å². The quantitative estimate of drug-likeness (QED) is 0.672. The number of hydrogen-bond donors (Lipinski definition) is 0. The molecule has 1 nitrogen and oxygen atoms in total. The minimum Gasteiger partial charge on any atom is -0.263 e. The molecule has 1 aromatic rings. The van der Waals surface area contributed by atoms with E-state index < -0.39 is 12.6 Å². The minimum absolute atomic E-state index is 0.0508. The SMILES string of the molecule is FC(F)(F)Cc1ccncc1Cl. The molecular weight excluding hydrogens is 191 g/mol. The van der Waals surface area contributed by atoms with Gasteiger partial charge in [-0.05, 0) is 11.6 Å². The molecule has 0 aliphatic rings. The van der Waals surface area contributed by atoms with Crippen LogP contribution in [-0.2, 0) is 6.42 Å². The highest BCUT2D eigenvalue weighted by Crippen LogP contribution is 2.24. The zero-order chi connectivity index (χ0) is 9.19. The topological polar surface area (TPSA) is 12.9 Å². The lowest BCUT2D eigenvalue weighted by atomic mass is 10.2. The summed E-state index contributed by atoms with van der Waals surface area (Å²) in [6.45, 7) is 0. The standard InChI is InChI=1S/C7H5ClF3N/c8-6-4-12-2-1-5(6)3-7(9,10)11/h1-2,4H,3H2. The summed E-state index contributed by atoms with van der Waals surface area (Å²) in [5.41, 5.74) is 0.0548. The Morgan fingerprint density at radius 3 is 2.58 bits per heavy atom. The van der Waals surface area contributed by atoms with Gasteiger partial charge in [0.15, 0.2) is 0 Å². The highest BCUT2D eigenvalue weighted by atomic mass is 35.5. The van der Waals surface area contributed by atoms with Crippen LogP contribution in [0.1, 0.15) is 5.56 Å². The van der Waals surface area contributed by atoms with E-state index in [9.17, 15) is 13.2 Å².